The minimum absolute atomic E-state index is 0.0342. The van der Waals surface area contributed by atoms with Crippen molar-refractivity contribution in [2.24, 2.45) is 0 Å². The number of fused-ring (bicyclic) bond motifs is 1. The number of allylic oxidation sites excluding steroid dienone is 2. The Balaban J connectivity index is 2.47. The highest BCUT2D eigenvalue weighted by molar-refractivity contribution is 5.78. The van der Waals surface area contributed by atoms with Crippen molar-refractivity contribution in [1.29, 1.82) is 0 Å². The molecule has 0 bridgehead atoms. The highest BCUT2D eigenvalue weighted by atomic mass is 16.6. The van der Waals surface area contributed by atoms with E-state index in [1.807, 2.05) is 0 Å². The fraction of sp³-hybridized carbons (Fsp3) is 0.143. The maximum absolute atomic E-state index is 12.2. The van der Waals surface area contributed by atoms with Gasteiger partial charge >= 0.3 is 11.4 Å². The van der Waals surface area contributed by atoms with Crippen LogP contribution >= 0.6 is 0 Å². The Morgan fingerprint density at radius 3 is 2.67 bits per heavy atom. The van der Waals surface area contributed by atoms with Gasteiger partial charge in [0.25, 0.3) is 5.56 Å². The normalized spacial score (nSPS) is 20.8. The summed E-state index contributed by atoms with van der Waals surface area (Å²) < 4.78 is 1.03. The summed E-state index contributed by atoms with van der Waals surface area (Å²) in [6.07, 6.45) is 6.22. The number of aromatic nitrogens is 2. The summed E-state index contributed by atoms with van der Waals surface area (Å²) in [7, 11) is 0. The maximum Gasteiger partial charge on any atom is 0.334 e. The van der Waals surface area contributed by atoms with Crippen LogP contribution < -0.4 is 11.2 Å². The fourth-order valence-corrected chi connectivity index (χ4v) is 2.56. The van der Waals surface area contributed by atoms with Crippen LogP contribution in [-0.2, 0) is 5.66 Å². The molecule has 0 spiro atoms. The van der Waals surface area contributed by atoms with Gasteiger partial charge in [-0.05, 0) is 12.1 Å². The molecule has 2 aromatic rings. The van der Waals surface area contributed by atoms with E-state index in [-0.39, 0.29) is 17.3 Å². The first-order valence-corrected chi connectivity index (χ1v) is 6.30. The first-order chi connectivity index (χ1) is 10.1. The monoisotopic (exact) mass is 285 g/mol. The molecule has 1 unspecified atom stereocenters. The number of nitrogens with zero attached hydrogens (tertiary/aromatic N) is 2. The van der Waals surface area contributed by atoms with E-state index in [0.717, 1.165) is 4.57 Å². The summed E-state index contributed by atoms with van der Waals surface area (Å²) in [6, 6.07) is 6.33. The summed E-state index contributed by atoms with van der Waals surface area (Å²) in [4.78, 5) is 37.3. The van der Waals surface area contributed by atoms with Gasteiger partial charge in [-0.3, -0.25) is 19.9 Å². The predicted octanol–water partition coefficient (Wildman–Crippen LogP) is 1.14. The van der Waals surface area contributed by atoms with Crippen molar-refractivity contribution in [2.75, 3.05) is 0 Å². The van der Waals surface area contributed by atoms with Crippen LogP contribution in [0, 0.1) is 10.1 Å². The van der Waals surface area contributed by atoms with Crippen LogP contribution in [0.1, 0.15) is 6.42 Å². The van der Waals surface area contributed by atoms with E-state index in [4.69, 9.17) is 0 Å². The SMILES string of the molecule is O=c1[nH]c(=O)n(C2([N+](=O)[O-])C=CC=CC2)c2ccccc12. The van der Waals surface area contributed by atoms with E-state index in [9.17, 15) is 19.7 Å². The topological polar surface area (TPSA) is 98.0 Å². The average Bonchev–Trinajstić information content (AvgIpc) is 2.48. The Hall–Kier alpha value is -2.96. The maximum atomic E-state index is 12.2. The number of nitrogens with one attached hydrogen (secondary N) is 1. The molecular formula is C14H11N3O4. The number of H-pyrrole nitrogens is 1. The zero-order chi connectivity index (χ0) is 15.0. The summed E-state index contributed by atoms with van der Waals surface area (Å²) in [5.74, 6) is 0. The van der Waals surface area contributed by atoms with Crippen LogP contribution in [0.5, 0.6) is 0 Å². The second-order valence-electron chi connectivity index (χ2n) is 4.74. The smallest absolute Gasteiger partial charge is 0.273 e. The summed E-state index contributed by atoms with van der Waals surface area (Å²) >= 11 is 0. The van der Waals surface area contributed by atoms with Gasteiger partial charge in [-0.1, -0.05) is 30.4 Å². The molecule has 0 saturated heterocycles. The van der Waals surface area contributed by atoms with Gasteiger partial charge in [0.05, 0.1) is 22.2 Å². The number of benzene rings is 1. The highest BCUT2D eigenvalue weighted by Gasteiger charge is 2.44. The van der Waals surface area contributed by atoms with Gasteiger partial charge in [-0.25, -0.2) is 9.36 Å². The van der Waals surface area contributed by atoms with E-state index in [1.54, 1.807) is 24.3 Å². The van der Waals surface area contributed by atoms with Gasteiger partial charge in [-0.15, -0.1) is 0 Å². The van der Waals surface area contributed by atoms with Crippen molar-refractivity contribution >= 4 is 10.9 Å². The average molecular weight is 285 g/mol. The van der Waals surface area contributed by atoms with Crippen LogP contribution in [0.3, 0.4) is 0 Å². The van der Waals surface area contributed by atoms with Crippen molar-refractivity contribution in [1.82, 2.24) is 9.55 Å². The molecule has 21 heavy (non-hydrogen) atoms. The minimum Gasteiger partial charge on any atom is -0.273 e. The van der Waals surface area contributed by atoms with Crippen molar-refractivity contribution < 1.29 is 4.92 Å². The third-order valence-corrected chi connectivity index (χ3v) is 3.55. The van der Waals surface area contributed by atoms with Crippen molar-refractivity contribution in [3.8, 4) is 0 Å². The van der Waals surface area contributed by atoms with Gasteiger partial charge in [-0.2, -0.15) is 0 Å². The molecule has 1 aromatic carbocycles. The van der Waals surface area contributed by atoms with E-state index < -0.39 is 21.8 Å². The molecule has 0 amide bonds. The van der Waals surface area contributed by atoms with E-state index in [1.165, 1.54) is 24.3 Å². The Bertz CT molecular complexity index is 906. The number of para-hydroxylation sites is 1. The molecule has 3 rings (SSSR count). The molecule has 0 radical (unpaired) electrons. The standard InChI is InChI=1S/C14H11N3O4/c18-12-10-6-2-3-7-11(10)16(13(19)15-12)14(17(20)21)8-4-1-5-9-14/h1-8H,9H2,(H,15,18,19). The van der Waals surface area contributed by atoms with Crippen LogP contribution in [0.25, 0.3) is 10.9 Å². The van der Waals surface area contributed by atoms with Crippen LogP contribution in [0.2, 0.25) is 0 Å². The molecule has 106 valence electrons. The van der Waals surface area contributed by atoms with Crippen LogP contribution in [0.4, 0.5) is 0 Å². The molecule has 0 aliphatic heterocycles. The molecule has 1 heterocycles. The molecule has 7 nitrogen and oxygen atoms in total. The van der Waals surface area contributed by atoms with E-state index in [2.05, 4.69) is 4.98 Å². The lowest BCUT2D eigenvalue weighted by atomic mass is 10.0. The third kappa shape index (κ3) is 1.82. The highest BCUT2D eigenvalue weighted by Crippen LogP contribution is 2.28. The number of aromatic amines is 1. The molecule has 1 aromatic heterocycles. The first kappa shape index (κ1) is 13.0. The van der Waals surface area contributed by atoms with Gasteiger partial charge in [0.15, 0.2) is 0 Å². The van der Waals surface area contributed by atoms with Gasteiger partial charge in [0.1, 0.15) is 0 Å². The summed E-state index contributed by atoms with van der Waals surface area (Å²) in [5, 5.41) is 11.9. The number of rotatable bonds is 2. The van der Waals surface area contributed by atoms with E-state index >= 15 is 0 Å². The predicted molar refractivity (Wildman–Crippen MR) is 76.7 cm³/mol. The quantitative estimate of drug-likeness (QED) is 0.660. The molecule has 0 saturated carbocycles. The Kier molecular flexibility index (Phi) is 2.83. The molecule has 1 aliphatic rings. The lowest BCUT2D eigenvalue weighted by Crippen LogP contribution is -2.48. The number of hydrogen-bond acceptors (Lipinski definition) is 4. The largest absolute Gasteiger partial charge is 0.334 e. The van der Waals surface area contributed by atoms with Crippen molar-refractivity contribution in [3.63, 3.8) is 0 Å². The molecular weight excluding hydrogens is 274 g/mol. The minimum atomic E-state index is -1.73. The van der Waals surface area contributed by atoms with Crippen LogP contribution in [-0.4, -0.2) is 14.5 Å². The zero-order valence-corrected chi connectivity index (χ0v) is 10.9. The van der Waals surface area contributed by atoms with Gasteiger partial charge < -0.3 is 0 Å². The van der Waals surface area contributed by atoms with Gasteiger partial charge in [0, 0.05) is 6.08 Å². The lowest BCUT2D eigenvalue weighted by Gasteiger charge is -2.25. The Morgan fingerprint density at radius 1 is 1.24 bits per heavy atom. The van der Waals surface area contributed by atoms with Crippen LogP contribution in [0.15, 0.2) is 58.2 Å². The lowest BCUT2D eigenvalue weighted by molar-refractivity contribution is -0.584. The molecule has 1 aliphatic carbocycles. The molecule has 1 N–H and O–H groups in total. The molecule has 0 fully saturated rings. The Labute approximate surface area is 118 Å². The second-order valence-corrected chi connectivity index (χ2v) is 4.74. The third-order valence-electron chi connectivity index (χ3n) is 3.55. The summed E-state index contributed by atoms with van der Waals surface area (Å²) in [5.41, 5.74) is -2.84. The van der Waals surface area contributed by atoms with E-state index in [0.29, 0.717) is 0 Å². The molecule has 7 heteroatoms. The second kappa shape index (κ2) is 4.55. The zero-order valence-electron chi connectivity index (χ0n) is 10.9. The first-order valence-electron chi connectivity index (χ1n) is 6.30. The number of nitro groups is 1. The number of hydrogen-bond donors (Lipinski definition) is 1. The van der Waals surface area contributed by atoms with Crippen molar-refractivity contribution in [2.45, 2.75) is 12.1 Å². The Morgan fingerprint density at radius 2 is 2.00 bits per heavy atom. The van der Waals surface area contributed by atoms with Crippen molar-refractivity contribution in [3.05, 3.63) is 79.5 Å². The molecule has 1 atom stereocenters. The fourth-order valence-electron chi connectivity index (χ4n) is 2.56. The van der Waals surface area contributed by atoms with Gasteiger partial charge in [0.2, 0.25) is 0 Å². The summed E-state index contributed by atoms with van der Waals surface area (Å²) in [6.45, 7) is 0.